The van der Waals surface area contributed by atoms with E-state index in [2.05, 4.69) is 10.3 Å². The number of carbonyl (C=O) groups excluding carboxylic acids is 3. The van der Waals surface area contributed by atoms with Crippen molar-refractivity contribution in [2.75, 3.05) is 26.2 Å². The van der Waals surface area contributed by atoms with Crippen LogP contribution in [0.4, 0.5) is 0 Å². The van der Waals surface area contributed by atoms with Crippen LogP contribution >= 0.6 is 0 Å². The van der Waals surface area contributed by atoms with Gasteiger partial charge in [-0.1, -0.05) is 30.3 Å². The average molecular weight is 380 g/mol. The van der Waals surface area contributed by atoms with Gasteiger partial charge < -0.3 is 15.1 Å². The number of rotatable bonds is 4. The van der Waals surface area contributed by atoms with Gasteiger partial charge in [0.05, 0.1) is 0 Å². The lowest BCUT2D eigenvalue weighted by molar-refractivity contribution is -0.130. The Morgan fingerprint density at radius 1 is 0.929 bits per heavy atom. The van der Waals surface area contributed by atoms with Gasteiger partial charge in [0.1, 0.15) is 11.4 Å². The summed E-state index contributed by atoms with van der Waals surface area (Å²) in [6, 6.07) is 12.7. The average Bonchev–Trinajstić information content (AvgIpc) is 2.72. The van der Waals surface area contributed by atoms with Crippen molar-refractivity contribution >= 4 is 17.7 Å². The highest BCUT2D eigenvalue weighted by molar-refractivity contribution is 5.96. The molecule has 146 valence electrons. The van der Waals surface area contributed by atoms with Gasteiger partial charge in [-0.3, -0.25) is 14.4 Å². The summed E-state index contributed by atoms with van der Waals surface area (Å²) < 4.78 is 0. The molecule has 3 rings (SSSR count). The molecule has 2 aromatic rings. The van der Waals surface area contributed by atoms with Gasteiger partial charge in [-0.15, -0.1) is 0 Å². The number of aromatic nitrogens is 1. The molecule has 1 aliphatic heterocycles. The van der Waals surface area contributed by atoms with Crippen LogP contribution in [-0.4, -0.2) is 58.7 Å². The Balaban J connectivity index is 1.63. The molecule has 0 atom stereocenters. The molecule has 1 aliphatic rings. The molecule has 28 heavy (non-hydrogen) atoms. The quantitative estimate of drug-likeness (QED) is 0.874. The monoisotopic (exact) mass is 380 g/mol. The van der Waals surface area contributed by atoms with Crippen LogP contribution in [0.25, 0.3) is 0 Å². The molecule has 1 saturated heterocycles. The highest BCUT2D eigenvalue weighted by Crippen LogP contribution is 2.10. The Morgan fingerprint density at radius 3 is 2.25 bits per heavy atom. The van der Waals surface area contributed by atoms with Gasteiger partial charge in [-0.2, -0.15) is 0 Å². The lowest BCUT2D eigenvalue weighted by Crippen LogP contribution is -2.50. The molecular weight excluding hydrogens is 356 g/mol. The first-order chi connectivity index (χ1) is 13.5. The van der Waals surface area contributed by atoms with Gasteiger partial charge in [0, 0.05) is 39.6 Å². The normalized spacial score (nSPS) is 13.9. The highest BCUT2D eigenvalue weighted by atomic mass is 16.2. The lowest BCUT2D eigenvalue weighted by atomic mass is 10.1. The molecule has 0 aliphatic carbocycles. The summed E-state index contributed by atoms with van der Waals surface area (Å²) in [6.07, 6.45) is 0. The number of nitrogens with one attached hydrogen (secondary N) is 1. The zero-order chi connectivity index (χ0) is 20.1. The first-order valence-corrected chi connectivity index (χ1v) is 9.30. The fraction of sp³-hybridized carbons (Fsp3) is 0.333. The summed E-state index contributed by atoms with van der Waals surface area (Å²) in [7, 11) is 0. The van der Waals surface area contributed by atoms with Gasteiger partial charge in [-0.05, 0) is 30.2 Å². The Kier molecular flexibility index (Phi) is 6.03. The maximum atomic E-state index is 12.7. The van der Waals surface area contributed by atoms with E-state index in [1.54, 1.807) is 28.0 Å². The Labute approximate surface area is 164 Å². The Morgan fingerprint density at radius 2 is 1.57 bits per heavy atom. The van der Waals surface area contributed by atoms with Crippen molar-refractivity contribution in [3.8, 4) is 0 Å². The zero-order valence-corrected chi connectivity index (χ0v) is 16.1. The third-order valence-corrected chi connectivity index (χ3v) is 4.91. The SMILES string of the molecule is CC(=O)N1CCN(C(=O)c2cccc(C(=O)NCc3ccccc3C)n2)CC1. The van der Waals surface area contributed by atoms with E-state index < -0.39 is 0 Å². The summed E-state index contributed by atoms with van der Waals surface area (Å²) >= 11 is 0. The second-order valence-corrected chi connectivity index (χ2v) is 6.82. The first kappa shape index (κ1) is 19.5. The van der Waals surface area contributed by atoms with Gasteiger partial charge in [0.25, 0.3) is 11.8 Å². The van der Waals surface area contributed by atoms with E-state index in [9.17, 15) is 14.4 Å². The molecule has 1 aromatic carbocycles. The Bertz CT molecular complexity index is 889. The van der Waals surface area contributed by atoms with Crippen LogP contribution in [0.1, 0.15) is 39.0 Å². The molecule has 0 saturated carbocycles. The summed E-state index contributed by atoms with van der Waals surface area (Å²) in [6.45, 7) is 5.87. The molecule has 1 N–H and O–H groups in total. The topological polar surface area (TPSA) is 82.6 Å². The van der Waals surface area contributed by atoms with Gasteiger partial charge in [-0.25, -0.2) is 4.98 Å². The van der Waals surface area contributed by atoms with Crippen molar-refractivity contribution in [1.82, 2.24) is 20.1 Å². The molecule has 0 radical (unpaired) electrons. The van der Waals surface area contributed by atoms with Crippen LogP contribution in [0.2, 0.25) is 0 Å². The van der Waals surface area contributed by atoms with Crippen molar-refractivity contribution in [1.29, 1.82) is 0 Å². The van der Waals surface area contributed by atoms with Crippen molar-refractivity contribution in [2.45, 2.75) is 20.4 Å². The Hall–Kier alpha value is -3.22. The number of benzene rings is 1. The fourth-order valence-corrected chi connectivity index (χ4v) is 3.14. The number of hydrogen-bond donors (Lipinski definition) is 1. The van der Waals surface area contributed by atoms with Gasteiger partial charge in [0.2, 0.25) is 5.91 Å². The number of piperazine rings is 1. The van der Waals surface area contributed by atoms with E-state index in [-0.39, 0.29) is 29.1 Å². The van der Waals surface area contributed by atoms with Crippen molar-refractivity contribution in [3.05, 3.63) is 65.0 Å². The van der Waals surface area contributed by atoms with Crippen molar-refractivity contribution in [2.24, 2.45) is 0 Å². The van der Waals surface area contributed by atoms with E-state index in [0.29, 0.717) is 32.7 Å². The summed E-state index contributed by atoms with van der Waals surface area (Å²) in [5.74, 6) is -0.534. The summed E-state index contributed by atoms with van der Waals surface area (Å²) in [4.78, 5) is 44.2. The van der Waals surface area contributed by atoms with E-state index >= 15 is 0 Å². The smallest absolute Gasteiger partial charge is 0.272 e. The van der Waals surface area contributed by atoms with Crippen molar-refractivity contribution in [3.63, 3.8) is 0 Å². The standard InChI is InChI=1S/C21H24N4O3/c1-15-6-3-4-7-17(15)14-22-20(27)18-8-5-9-19(23-18)21(28)25-12-10-24(11-13-25)16(2)26/h3-9H,10-14H2,1-2H3,(H,22,27). The lowest BCUT2D eigenvalue weighted by Gasteiger charge is -2.34. The minimum absolute atomic E-state index is 0.0116. The van der Waals surface area contributed by atoms with Crippen LogP contribution < -0.4 is 5.32 Å². The molecule has 2 heterocycles. The molecule has 0 spiro atoms. The van der Waals surface area contributed by atoms with E-state index in [1.165, 1.54) is 6.92 Å². The predicted molar refractivity (Wildman–Crippen MR) is 105 cm³/mol. The first-order valence-electron chi connectivity index (χ1n) is 9.30. The van der Waals surface area contributed by atoms with Crippen LogP contribution in [0.5, 0.6) is 0 Å². The highest BCUT2D eigenvalue weighted by Gasteiger charge is 2.24. The molecule has 7 heteroatoms. The molecule has 1 aromatic heterocycles. The van der Waals surface area contributed by atoms with E-state index in [4.69, 9.17) is 0 Å². The minimum atomic E-state index is -0.320. The number of carbonyl (C=O) groups is 3. The van der Waals surface area contributed by atoms with Gasteiger partial charge in [0.15, 0.2) is 0 Å². The largest absolute Gasteiger partial charge is 0.347 e. The van der Waals surface area contributed by atoms with Crippen LogP contribution in [-0.2, 0) is 11.3 Å². The second kappa shape index (κ2) is 8.65. The summed E-state index contributed by atoms with van der Waals surface area (Å²) in [5, 5.41) is 2.85. The summed E-state index contributed by atoms with van der Waals surface area (Å²) in [5.41, 5.74) is 2.58. The molecule has 1 fully saturated rings. The second-order valence-electron chi connectivity index (χ2n) is 6.82. The maximum absolute atomic E-state index is 12.7. The molecule has 0 unspecified atom stereocenters. The molecule has 0 bridgehead atoms. The number of hydrogen-bond acceptors (Lipinski definition) is 4. The molecular formula is C21H24N4O3. The predicted octanol–water partition coefficient (Wildman–Crippen LogP) is 1.62. The number of amides is 3. The molecule has 3 amide bonds. The van der Waals surface area contributed by atoms with Crippen molar-refractivity contribution < 1.29 is 14.4 Å². The fourth-order valence-electron chi connectivity index (χ4n) is 3.14. The van der Waals surface area contributed by atoms with E-state index in [1.807, 2.05) is 31.2 Å². The maximum Gasteiger partial charge on any atom is 0.272 e. The third kappa shape index (κ3) is 4.54. The van der Waals surface area contributed by atoms with Crippen LogP contribution in [0, 0.1) is 6.92 Å². The minimum Gasteiger partial charge on any atom is -0.347 e. The van der Waals surface area contributed by atoms with Crippen LogP contribution in [0.15, 0.2) is 42.5 Å². The number of pyridine rings is 1. The number of nitrogens with zero attached hydrogens (tertiary/aromatic N) is 3. The van der Waals surface area contributed by atoms with Crippen LogP contribution in [0.3, 0.4) is 0 Å². The third-order valence-electron chi connectivity index (χ3n) is 4.91. The number of aryl methyl sites for hydroxylation is 1. The molecule has 7 nitrogen and oxygen atoms in total. The van der Waals surface area contributed by atoms with E-state index in [0.717, 1.165) is 11.1 Å². The van der Waals surface area contributed by atoms with Gasteiger partial charge >= 0.3 is 0 Å². The zero-order valence-electron chi connectivity index (χ0n) is 16.1.